The number of hydrogen-bond acceptors (Lipinski definition) is 7. The monoisotopic (exact) mass is 642 g/mol. The largest absolute Gasteiger partial charge is 0.488 e. The van der Waals surface area contributed by atoms with E-state index in [0.29, 0.717) is 45.7 Å². The van der Waals surface area contributed by atoms with Crippen molar-refractivity contribution in [1.82, 2.24) is 10.3 Å². The standard InChI is InChI=1S/C33H33F4N3O4.CH5N/c1-19-14-27(40-30(21-7-9-24(34)10-8-21)31(19)43-18-33(35,36)37)26(20-5-6-20)17-39-32(42)23-15-22(4-3-13-41)29(38-2)28(16-23)44-25-11-12-25;1-2/h3-4,7-10,13-16,20,25-26,38H,5-6,11-12,17-18H2,1-2H3,(H,39,42);2H2,1H3/b4-3-;. The molecule has 0 saturated heterocycles. The number of rotatable bonds is 13. The molecule has 12 heteroatoms. The van der Waals surface area contributed by atoms with Gasteiger partial charge in [0.25, 0.3) is 5.91 Å². The summed E-state index contributed by atoms with van der Waals surface area (Å²) in [6, 6.07) is 10.4. The van der Waals surface area contributed by atoms with Gasteiger partial charge in [0.15, 0.2) is 6.61 Å². The summed E-state index contributed by atoms with van der Waals surface area (Å²) in [5.41, 5.74) is 7.79. The van der Waals surface area contributed by atoms with Gasteiger partial charge < -0.3 is 25.8 Å². The first kappa shape index (κ1) is 34.4. The van der Waals surface area contributed by atoms with Crippen molar-refractivity contribution < 1.29 is 36.6 Å². The molecule has 1 amide bonds. The van der Waals surface area contributed by atoms with Crippen LogP contribution in [0.4, 0.5) is 23.2 Å². The summed E-state index contributed by atoms with van der Waals surface area (Å²) >= 11 is 0. The highest BCUT2D eigenvalue weighted by atomic mass is 19.4. The summed E-state index contributed by atoms with van der Waals surface area (Å²) in [4.78, 5) is 29.2. The van der Waals surface area contributed by atoms with Crippen LogP contribution in [0.5, 0.6) is 11.5 Å². The maximum atomic E-state index is 13.7. The fraction of sp³-hybridized carbons (Fsp3) is 0.382. The molecular formula is C34H38F4N4O4. The second kappa shape index (κ2) is 15.2. The number of nitrogens with one attached hydrogen (secondary N) is 2. The molecule has 3 aromatic rings. The number of carbonyl (C=O) groups is 2. The van der Waals surface area contributed by atoms with Gasteiger partial charge in [0.2, 0.25) is 0 Å². The SMILES string of the molecule is CN.CNc1c(/C=C\C=O)cc(C(=O)NCC(c2cc(C)c(OCC(F)(F)F)c(-c3ccc(F)cc3)n2)C2CC2)cc1OC1CC1. The number of benzene rings is 2. The van der Waals surface area contributed by atoms with E-state index in [1.54, 1.807) is 38.2 Å². The first-order chi connectivity index (χ1) is 22.1. The van der Waals surface area contributed by atoms with Gasteiger partial charge in [0, 0.05) is 41.9 Å². The highest BCUT2D eigenvalue weighted by Crippen LogP contribution is 2.44. The lowest BCUT2D eigenvalue weighted by atomic mass is 9.95. The molecule has 1 unspecified atom stereocenters. The van der Waals surface area contributed by atoms with Crippen molar-refractivity contribution >= 4 is 24.0 Å². The second-order valence-corrected chi connectivity index (χ2v) is 11.1. The number of hydrogen-bond donors (Lipinski definition) is 3. The van der Waals surface area contributed by atoms with Crippen LogP contribution in [-0.4, -0.2) is 56.7 Å². The summed E-state index contributed by atoms with van der Waals surface area (Å²) in [5, 5.41) is 6.09. The van der Waals surface area contributed by atoms with E-state index in [-0.39, 0.29) is 41.8 Å². The normalized spacial score (nSPS) is 15.0. The fourth-order valence-corrected chi connectivity index (χ4v) is 5.10. The van der Waals surface area contributed by atoms with E-state index in [0.717, 1.165) is 25.7 Å². The number of aryl methyl sites for hydroxylation is 1. The van der Waals surface area contributed by atoms with Crippen LogP contribution in [-0.2, 0) is 4.79 Å². The number of anilines is 1. The van der Waals surface area contributed by atoms with Gasteiger partial charge in [-0.25, -0.2) is 9.37 Å². The predicted molar refractivity (Wildman–Crippen MR) is 169 cm³/mol. The Labute approximate surface area is 265 Å². The number of ether oxygens (including phenoxy) is 2. The van der Waals surface area contributed by atoms with Crippen LogP contribution in [0.1, 0.15) is 58.8 Å². The van der Waals surface area contributed by atoms with Crippen LogP contribution < -0.4 is 25.8 Å². The molecule has 1 aromatic heterocycles. The molecule has 4 N–H and O–H groups in total. The van der Waals surface area contributed by atoms with Gasteiger partial charge in [-0.1, -0.05) is 0 Å². The van der Waals surface area contributed by atoms with E-state index in [1.807, 2.05) is 0 Å². The predicted octanol–water partition coefficient (Wildman–Crippen LogP) is 6.43. The van der Waals surface area contributed by atoms with Gasteiger partial charge in [-0.2, -0.15) is 13.2 Å². The topological polar surface area (TPSA) is 116 Å². The van der Waals surface area contributed by atoms with Crippen molar-refractivity contribution in [2.75, 3.05) is 32.6 Å². The molecule has 246 valence electrons. The van der Waals surface area contributed by atoms with E-state index in [4.69, 9.17) is 14.5 Å². The number of halogens is 4. The Hall–Kier alpha value is -4.45. The van der Waals surface area contributed by atoms with Crippen LogP contribution >= 0.6 is 0 Å². The summed E-state index contributed by atoms with van der Waals surface area (Å²) in [7, 11) is 3.24. The van der Waals surface area contributed by atoms with E-state index < -0.39 is 18.6 Å². The maximum Gasteiger partial charge on any atom is 0.422 e. The van der Waals surface area contributed by atoms with Crippen LogP contribution in [0.25, 0.3) is 17.3 Å². The number of alkyl halides is 3. The van der Waals surface area contributed by atoms with E-state index in [2.05, 4.69) is 16.4 Å². The first-order valence-corrected chi connectivity index (χ1v) is 15.0. The molecule has 2 aliphatic rings. The quantitative estimate of drug-likeness (QED) is 0.112. The minimum Gasteiger partial charge on any atom is -0.488 e. The average molecular weight is 643 g/mol. The van der Waals surface area contributed by atoms with Gasteiger partial charge in [-0.3, -0.25) is 9.59 Å². The number of pyridine rings is 1. The molecule has 0 aliphatic heterocycles. The molecule has 2 saturated carbocycles. The summed E-state index contributed by atoms with van der Waals surface area (Å²) < 4.78 is 64.1. The molecule has 0 bridgehead atoms. The molecule has 2 aliphatic carbocycles. The van der Waals surface area contributed by atoms with Gasteiger partial charge in [0.05, 0.1) is 11.8 Å². The Kier molecular flexibility index (Phi) is 11.4. The third kappa shape index (κ3) is 9.06. The fourth-order valence-electron chi connectivity index (χ4n) is 5.10. The summed E-state index contributed by atoms with van der Waals surface area (Å²) in [6.45, 7) is 0.382. The number of carbonyl (C=O) groups excluding carboxylic acids is 2. The number of allylic oxidation sites excluding steroid dienone is 1. The molecule has 5 rings (SSSR count). The zero-order chi connectivity index (χ0) is 33.4. The van der Waals surface area contributed by atoms with Crippen molar-refractivity contribution in [3.05, 3.63) is 76.7 Å². The summed E-state index contributed by atoms with van der Waals surface area (Å²) in [5.74, 6) is -0.349. The van der Waals surface area contributed by atoms with Crippen molar-refractivity contribution in [3.8, 4) is 22.8 Å². The molecule has 0 radical (unpaired) electrons. The van der Waals surface area contributed by atoms with Crippen LogP contribution in [0.15, 0.2) is 48.5 Å². The van der Waals surface area contributed by atoms with Gasteiger partial charge in [-0.05, 0) is 106 Å². The molecule has 2 aromatic carbocycles. The minimum absolute atomic E-state index is 0.0278. The molecule has 0 spiro atoms. The van der Waals surface area contributed by atoms with Crippen LogP contribution in [0.3, 0.4) is 0 Å². The molecule has 8 nitrogen and oxygen atoms in total. The highest BCUT2D eigenvalue weighted by molar-refractivity contribution is 5.97. The molecule has 1 heterocycles. The third-order valence-electron chi connectivity index (χ3n) is 7.55. The minimum atomic E-state index is -4.55. The lowest BCUT2D eigenvalue weighted by Crippen LogP contribution is -2.30. The number of aldehydes is 1. The van der Waals surface area contributed by atoms with Crippen molar-refractivity contribution in [3.63, 3.8) is 0 Å². The Morgan fingerprint density at radius 2 is 1.80 bits per heavy atom. The Bertz CT molecular complexity index is 1550. The van der Waals surface area contributed by atoms with Crippen LogP contribution in [0, 0.1) is 18.7 Å². The molecular weight excluding hydrogens is 604 g/mol. The Balaban J connectivity index is 0.00000235. The number of nitrogens with two attached hydrogens (primary N) is 1. The maximum absolute atomic E-state index is 13.7. The van der Waals surface area contributed by atoms with E-state index in [9.17, 15) is 27.2 Å². The summed E-state index contributed by atoms with van der Waals surface area (Å²) in [6.07, 6.45) is 2.81. The lowest BCUT2D eigenvalue weighted by Gasteiger charge is -2.22. The first-order valence-electron chi connectivity index (χ1n) is 15.0. The molecule has 1 atom stereocenters. The smallest absolute Gasteiger partial charge is 0.422 e. The Morgan fingerprint density at radius 1 is 1.11 bits per heavy atom. The third-order valence-corrected chi connectivity index (χ3v) is 7.55. The molecule has 2 fully saturated rings. The van der Waals surface area contributed by atoms with Crippen LogP contribution in [0.2, 0.25) is 0 Å². The van der Waals surface area contributed by atoms with Gasteiger partial charge in [0.1, 0.15) is 29.3 Å². The highest BCUT2D eigenvalue weighted by Gasteiger charge is 2.35. The zero-order valence-corrected chi connectivity index (χ0v) is 25.9. The number of amides is 1. The van der Waals surface area contributed by atoms with E-state index >= 15 is 0 Å². The molecule has 46 heavy (non-hydrogen) atoms. The van der Waals surface area contributed by atoms with Crippen molar-refractivity contribution in [2.24, 2.45) is 11.7 Å². The van der Waals surface area contributed by atoms with Crippen molar-refractivity contribution in [1.29, 1.82) is 0 Å². The van der Waals surface area contributed by atoms with Gasteiger partial charge >= 0.3 is 6.18 Å². The average Bonchev–Trinajstić information content (AvgIpc) is 3.97. The zero-order valence-electron chi connectivity index (χ0n) is 25.9. The van der Waals surface area contributed by atoms with Crippen molar-refractivity contribution in [2.45, 2.75) is 50.8 Å². The van der Waals surface area contributed by atoms with E-state index in [1.165, 1.54) is 37.4 Å². The van der Waals surface area contributed by atoms with Gasteiger partial charge in [-0.15, -0.1) is 0 Å². The second-order valence-electron chi connectivity index (χ2n) is 11.1. The number of nitrogens with zero attached hydrogens (tertiary/aromatic N) is 1. The lowest BCUT2D eigenvalue weighted by molar-refractivity contribution is -0.153. The number of aromatic nitrogens is 1. The Morgan fingerprint density at radius 3 is 2.39 bits per heavy atom.